The van der Waals surface area contributed by atoms with Crippen LogP contribution < -0.4 is 5.32 Å². The zero-order chi connectivity index (χ0) is 29.5. The summed E-state index contributed by atoms with van der Waals surface area (Å²) in [6.07, 6.45) is 3.40. The van der Waals surface area contributed by atoms with E-state index in [-0.39, 0.29) is 34.5 Å². The van der Waals surface area contributed by atoms with Gasteiger partial charge in [0.1, 0.15) is 11.6 Å². The van der Waals surface area contributed by atoms with Gasteiger partial charge in [-0.25, -0.2) is 4.79 Å². The van der Waals surface area contributed by atoms with Crippen LogP contribution in [0.25, 0.3) is 11.0 Å². The van der Waals surface area contributed by atoms with E-state index < -0.39 is 27.4 Å². The molecule has 0 spiro atoms. The molecule has 0 bridgehead atoms. The number of fused-ring (bicyclic) bond motifs is 2. The average Bonchev–Trinajstić information content (AvgIpc) is 3.39. The molecule has 2 atom stereocenters. The number of hydrogen-bond acceptors (Lipinski definition) is 5. The van der Waals surface area contributed by atoms with Crippen LogP contribution >= 0.6 is 23.2 Å². The van der Waals surface area contributed by atoms with E-state index in [1.165, 1.54) is 6.26 Å². The molecule has 0 saturated carbocycles. The lowest BCUT2D eigenvalue weighted by Gasteiger charge is -2.30. The minimum absolute atomic E-state index is 0.0236. The molecule has 0 saturated heterocycles. The Morgan fingerprint density at radius 2 is 1.93 bits per heavy atom. The van der Waals surface area contributed by atoms with Gasteiger partial charge in [-0.05, 0) is 74.9 Å². The van der Waals surface area contributed by atoms with E-state index >= 15 is 0 Å². The number of carboxylic acids is 1. The van der Waals surface area contributed by atoms with Crippen LogP contribution in [0.3, 0.4) is 0 Å². The van der Waals surface area contributed by atoms with Gasteiger partial charge in [0.15, 0.2) is 0 Å². The molecule has 41 heavy (non-hydrogen) atoms. The predicted octanol–water partition coefficient (Wildman–Crippen LogP) is 5.07. The number of furan rings is 1. The Morgan fingerprint density at radius 1 is 1.15 bits per heavy atom. The molecule has 1 aliphatic heterocycles. The van der Waals surface area contributed by atoms with Crippen molar-refractivity contribution in [1.82, 2.24) is 10.2 Å². The fourth-order valence-electron chi connectivity index (χ4n) is 4.91. The van der Waals surface area contributed by atoms with E-state index in [0.717, 1.165) is 5.39 Å². The van der Waals surface area contributed by atoms with Crippen molar-refractivity contribution in [2.24, 2.45) is 0 Å². The fourth-order valence-corrected chi connectivity index (χ4v) is 6.44. The Kier molecular flexibility index (Phi) is 7.87. The summed E-state index contributed by atoms with van der Waals surface area (Å²) >= 11 is 13.2. The van der Waals surface area contributed by atoms with Crippen LogP contribution in [0, 0.1) is 0 Å². The first-order chi connectivity index (χ1) is 19.4. The topological polar surface area (TPSA) is 117 Å². The van der Waals surface area contributed by atoms with Gasteiger partial charge in [0.25, 0.3) is 11.8 Å². The number of carbonyl (C=O) groups excluding carboxylic acids is 2. The van der Waals surface area contributed by atoms with Gasteiger partial charge in [0.05, 0.1) is 21.9 Å². The van der Waals surface area contributed by atoms with E-state index in [4.69, 9.17) is 27.6 Å². The maximum absolute atomic E-state index is 13.3. The zero-order valence-corrected chi connectivity index (χ0v) is 24.3. The smallest absolute Gasteiger partial charge is 0.326 e. The van der Waals surface area contributed by atoms with Crippen molar-refractivity contribution in [2.75, 3.05) is 12.8 Å². The molecule has 0 aliphatic carbocycles. The summed E-state index contributed by atoms with van der Waals surface area (Å²) in [4.78, 5) is 40.7. The molecule has 1 unspecified atom stereocenters. The third-order valence-corrected chi connectivity index (χ3v) is 9.03. The molecule has 0 radical (unpaired) electrons. The second-order valence-corrected chi connectivity index (χ2v) is 13.3. The third-order valence-electron chi connectivity index (χ3n) is 7.06. The highest BCUT2D eigenvalue weighted by Crippen LogP contribution is 2.35. The number of nitrogens with zero attached hydrogens (tertiary/aromatic N) is 1. The molecule has 2 amide bonds. The van der Waals surface area contributed by atoms with Crippen LogP contribution in [-0.2, 0) is 33.7 Å². The minimum Gasteiger partial charge on any atom is -0.480 e. The molecule has 1 aromatic heterocycles. The van der Waals surface area contributed by atoms with Crippen molar-refractivity contribution < 1.29 is 28.1 Å². The van der Waals surface area contributed by atoms with E-state index in [0.29, 0.717) is 45.7 Å². The molecule has 3 aromatic carbocycles. The first kappa shape index (κ1) is 28.7. The quantitative estimate of drug-likeness (QED) is 0.281. The van der Waals surface area contributed by atoms with Gasteiger partial charge in [0, 0.05) is 41.6 Å². The van der Waals surface area contributed by atoms with Crippen LogP contribution in [0.4, 0.5) is 0 Å². The highest BCUT2D eigenvalue weighted by atomic mass is 35.5. The number of amides is 2. The number of nitrogens with one attached hydrogen (secondary N) is 1. The van der Waals surface area contributed by atoms with Gasteiger partial charge in [0.2, 0.25) is 0 Å². The lowest BCUT2D eigenvalue weighted by molar-refractivity contribution is -0.139. The van der Waals surface area contributed by atoms with Crippen molar-refractivity contribution in [3.05, 3.63) is 98.7 Å². The summed E-state index contributed by atoms with van der Waals surface area (Å²) in [7, 11) is -2.50. The van der Waals surface area contributed by atoms with Gasteiger partial charge >= 0.3 is 5.97 Å². The van der Waals surface area contributed by atoms with Gasteiger partial charge in [-0.3, -0.25) is 13.8 Å². The lowest BCUT2D eigenvalue weighted by atomic mass is 9.95. The molecule has 4 aromatic rings. The number of carboxylic acid groups (broad SMARTS) is 1. The molecule has 11 heteroatoms. The number of aliphatic carboxylic acids is 1. The number of carbonyl (C=O) groups is 3. The van der Waals surface area contributed by atoms with Crippen molar-refractivity contribution in [3.8, 4) is 0 Å². The fraction of sp³-hybridized carbons (Fsp3) is 0.200. The maximum atomic E-state index is 13.3. The molecule has 2 heterocycles. The highest BCUT2D eigenvalue weighted by Gasteiger charge is 2.30. The summed E-state index contributed by atoms with van der Waals surface area (Å²) in [6, 6.07) is 14.0. The molecule has 0 fully saturated rings. The van der Waals surface area contributed by atoms with Gasteiger partial charge < -0.3 is 19.7 Å². The van der Waals surface area contributed by atoms with Crippen LogP contribution in [0.15, 0.2) is 70.2 Å². The lowest BCUT2D eigenvalue weighted by Crippen LogP contribution is -2.42. The Hall–Kier alpha value is -3.79. The molecular formula is C30H26Cl2N2O6S. The molecule has 8 nitrogen and oxygen atoms in total. The van der Waals surface area contributed by atoms with Crippen LogP contribution in [0.5, 0.6) is 0 Å². The number of halogens is 2. The van der Waals surface area contributed by atoms with Crippen molar-refractivity contribution in [1.29, 1.82) is 0 Å². The minimum atomic E-state index is -2.50. The van der Waals surface area contributed by atoms with Crippen LogP contribution in [-0.4, -0.2) is 56.7 Å². The van der Waals surface area contributed by atoms with Gasteiger partial charge in [-0.1, -0.05) is 41.4 Å². The summed E-state index contributed by atoms with van der Waals surface area (Å²) in [5, 5.41) is 13.4. The Balaban J connectivity index is 1.35. The van der Waals surface area contributed by atoms with E-state index in [9.17, 15) is 23.7 Å². The molecule has 5 rings (SSSR count). The summed E-state index contributed by atoms with van der Waals surface area (Å²) in [5.41, 5.74) is 3.05. The highest BCUT2D eigenvalue weighted by molar-refractivity contribution is 7.99. The van der Waals surface area contributed by atoms with Gasteiger partial charge in [-0.2, -0.15) is 0 Å². The third kappa shape index (κ3) is 5.98. The molecular weight excluding hydrogens is 587 g/mol. The van der Waals surface area contributed by atoms with Crippen LogP contribution in [0.2, 0.25) is 10.0 Å². The zero-order valence-electron chi connectivity index (χ0n) is 22.0. The predicted molar refractivity (Wildman–Crippen MR) is 160 cm³/mol. The normalized spacial score (nSPS) is 15.1. The van der Waals surface area contributed by atoms with E-state index in [2.05, 4.69) is 11.2 Å². The average molecular weight is 614 g/mol. The Bertz CT molecular complexity index is 1810. The Labute approximate surface area is 246 Å². The van der Waals surface area contributed by atoms with Crippen molar-refractivity contribution in [3.63, 3.8) is 0 Å². The standard InChI is InChI=1S/C30H26Cl2N2O6S/c1-41(2,39)21-5-3-4-17(12-21)13-24(30(37)38)33-28(35)26-23(31)14-20-16-34(10-8-22(20)27(26)32)29(36)19-7-6-18-9-11-40-25(18)15-19/h3-7,9,11-12,14-15,24H,1,8,10,13,16H2,2H3,(H,33,35)(H,37,38)/t24-,41?/m0/s1. The largest absolute Gasteiger partial charge is 0.480 e. The van der Waals surface area contributed by atoms with Gasteiger partial charge in [-0.15, -0.1) is 0 Å². The maximum Gasteiger partial charge on any atom is 0.326 e. The number of rotatable bonds is 7. The summed E-state index contributed by atoms with van der Waals surface area (Å²) in [5.74, 6) is 1.52. The van der Waals surface area contributed by atoms with Crippen molar-refractivity contribution in [2.45, 2.75) is 30.3 Å². The molecule has 2 N–H and O–H groups in total. The summed E-state index contributed by atoms with van der Waals surface area (Å²) in [6.45, 7) is 0.609. The molecule has 212 valence electrons. The van der Waals surface area contributed by atoms with Crippen LogP contribution in [0.1, 0.15) is 37.4 Å². The van der Waals surface area contributed by atoms with E-state index in [1.54, 1.807) is 53.6 Å². The monoisotopic (exact) mass is 612 g/mol. The second-order valence-electron chi connectivity index (χ2n) is 10.1. The summed E-state index contributed by atoms with van der Waals surface area (Å²) < 4.78 is 17.7. The SMILES string of the molecule is C=S(C)(=O)c1cccc(C[C@H](NC(=O)c2c(Cl)cc3c(c2Cl)CCN(C(=O)c2ccc4ccoc4c2)C3)C(=O)O)c1. The molecule has 1 aliphatic rings. The van der Waals surface area contributed by atoms with E-state index in [1.807, 2.05) is 12.1 Å². The number of benzene rings is 3. The number of hydrogen-bond donors (Lipinski definition) is 2. The first-order valence-electron chi connectivity index (χ1n) is 12.6. The first-order valence-corrected chi connectivity index (χ1v) is 15.5. The Morgan fingerprint density at radius 3 is 2.66 bits per heavy atom. The van der Waals surface area contributed by atoms with Crippen molar-refractivity contribution >= 4 is 67.3 Å². The second kappa shape index (κ2) is 11.2.